The number of nitro groups is 1. The van der Waals surface area contributed by atoms with Crippen molar-refractivity contribution >= 4 is 51.9 Å². The van der Waals surface area contributed by atoms with Gasteiger partial charge >= 0.3 is 0 Å². The molecule has 0 aliphatic heterocycles. The summed E-state index contributed by atoms with van der Waals surface area (Å²) in [5, 5.41) is 24.6. The minimum absolute atomic E-state index is 0.117. The number of carbonyl (C=O) groups is 1. The van der Waals surface area contributed by atoms with Gasteiger partial charge in [-0.1, -0.05) is 41.9 Å². The molecule has 1 N–H and O–H groups in total. The Hall–Kier alpha value is -5.24. The van der Waals surface area contributed by atoms with E-state index >= 15 is 0 Å². The Morgan fingerprint density at radius 1 is 1.02 bits per heavy atom. The van der Waals surface area contributed by atoms with E-state index in [9.17, 15) is 25.0 Å². The Labute approximate surface area is 235 Å². The van der Waals surface area contributed by atoms with Crippen molar-refractivity contribution in [2.24, 2.45) is 0 Å². The molecule has 3 aromatic carbocycles. The Morgan fingerprint density at radius 3 is 2.42 bits per heavy atom. The summed E-state index contributed by atoms with van der Waals surface area (Å²) in [6, 6.07) is 26.3. The molecule has 196 valence electrons. The van der Waals surface area contributed by atoms with Crippen LogP contribution in [0.3, 0.4) is 0 Å². The van der Waals surface area contributed by atoms with Crippen LogP contribution in [-0.2, 0) is 4.79 Å². The second-order valence-electron chi connectivity index (χ2n) is 8.32. The molecule has 2 heterocycles. The number of halogens is 1. The normalized spacial score (nSPS) is 12.1. The molecule has 5 aromatic rings. The van der Waals surface area contributed by atoms with Gasteiger partial charge < -0.3 is 9.73 Å². The van der Waals surface area contributed by atoms with Gasteiger partial charge in [0, 0.05) is 22.9 Å². The van der Waals surface area contributed by atoms with Crippen LogP contribution in [0.4, 0.5) is 11.4 Å². The van der Waals surface area contributed by atoms with E-state index in [-0.39, 0.29) is 32.0 Å². The fourth-order valence-corrected chi connectivity index (χ4v) is 5.14. The lowest BCUT2D eigenvalue weighted by molar-refractivity contribution is -0.384. The maximum absolute atomic E-state index is 13.6. The largest absolute Gasteiger partial charge is 0.456 e. The molecule has 9 nitrogen and oxygen atoms in total. The summed E-state index contributed by atoms with van der Waals surface area (Å²) in [6.45, 7) is 0. The Kier molecular flexibility index (Phi) is 7.41. The van der Waals surface area contributed by atoms with Gasteiger partial charge in [0.1, 0.15) is 22.3 Å². The molecule has 40 heavy (non-hydrogen) atoms. The zero-order valence-corrected chi connectivity index (χ0v) is 22.0. The molecular weight excluding hydrogens is 552 g/mol. The number of para-hydroxylation sites is 2. The first kappa shape index (κ1) is 26.4. The Bertz CT molecular complexity index is 1970. The van der Waals surface area contributed by atoms with Crippen molar-refractivity contribution in [3.8, 4) is 23.1 Å². The number of furan rings is 1. The van der Waals surface area contributed by atoms with E-state index in [0.717, 1.165) is 11.3 Å². The van der Waals surface area contributed by atoms with E-state index in [4.69, 9.17) is 16.0 Å². The van der Waals surface area contributed by atoms with Crippen LogP contribution in [0.5, 0.6) is 0 Å². The first-order chi connectivity index (χ1) is 19.4. The predicted molar refractivity (Wildman–Crippen MR) is 153 cm³/mol. The third-order valence-electron chi connectivity index (χ3n) is 5.76. The van der Waals surface area contributed by atoms with Gasteiger partial charge in [0.25, 0.3) is 17.2 Å². The van der Waals surface area contributed by atoms with Gasteiger partial charge in [-0.2, -0.15) is 5.26 Å². The maximum atomic E-state index is 13.6. The molecule has 2 aromatic heterocycles. The van der Waals surface area contributed by atoms with Crippen LogP contribution in [-0.4, -0.2) is 15.4 Å². The maximum Gasteiger partial charge on any atom is 0.280 e. The molecule has 11 heteroatoms. The van der Waals surface area contributed by atoms with E-state index in [2.05, 4.69) is 5.32 Å². The van der Waals surface area contributed by atoms with Crippen LogP contribution in [0.2, 0.25) is 5.02 Å². The van der Waals surface area contributed by atoms with Crippen LogP contribution in [0.15, 0.2) is 100 Å². The molecule has 0 radical (unpaired) electrons. The third kappa shape index (κ3) is 5.33. The average molecular weight is 569 g/mol. The van der Waals surface area contributed by atoms with E-state index < -0.39 is 16.4 Å². The molecule has 0 unspecified atom stereocenters. The number of nitro benzene ring substituents is 1. The first-order valence-corrected chi connectivity index (χ1v) is 12.9. The number of nitriles is 1. The lowest BCUT2D eigenvalue weighted by Gasteiger charge is -2.06. The summed E-state index contributed by atoms with van der Waals surface area (Å²) in [5.74, 6) is -0.174. The molecule has 0 aliphatic carbocycles. The molecule has 0 atom stereocenters. The highest BCUT2D eigenvalue weighted by Gasteiger charge is 2.19. The Balaban J connectivity index is 1.66. The fraction of sp³-hybridized carbons (Fsp3) is 0. The summed E-state index contributed by atoms with van der Waals surface area (Å²) in [6.07, 6.45) is 1.47. The number of hydrogen-bond donors (Lipinski definition) is 1. The van der Waals surface area contributed by atoms with Crippen molar-refractivity contribution in [1.82, 2.24) is 4.57 Å². The summed E-state index contributed by atoms with van der Waals surface area (Å²) in [5.41, 5.74) is 0.332. The molecule has 5 rings (SSSR count). The second kappa shape index (κ2) is 11.2. The first-order valence-electron chi connectivity index (χ1n) is 11.7. The number of carbonyl (C=O) groups excluding carboxylic acids is 1. The van der Waals surface area contributed by atoms with Crippen LogP contribution in [0, 0.1) is 21.4 Å². The monoisotopic (exact) mass is 568 g/mol. The van der Waals surface area contributed by atoms with Gasteiger partial charge in [0.2, 0.25) is 0 Å². The summed E-state index contributed by atoms with van der Waals surface area (Å²) in [4.78, 5) is 37.7. The number of hydrogen-bond acceptors (Lipinski definition) is 7. The zero-order chi connectivity index (χ0) is 28.2. The van der Waals surface area contributed by atoms with Crippen molar-refractivity contribution < 1.29 is 14.1 Å². The number of amides is 1. The molecule has 0 bridgehead atoms. The van der Waals surface area contributed by atoms with Gasteiger partial charge in [0.05, 0.1) is 20.7 Å². The van der Waals surface area contributed by atoms with Gasteiger partial charge in [-0.25, -0.2) is 0 Å². The molecular formula is C29H17ClN4O5S. The molecule has 0 aliphatic rings. The second-order valence-corrected chi connectivity index (χ2v) is 9.78. The quantitative estimate of drug-likeness (QED) is 0.230. The third-order valence-corrected chi connectivity index (χ3v) is 7.10. The number of aromatic nitrogens is 1. The number of nitrogens with zero attached hydrogens (tertiary/aromatic N) is 3. The smallest absolute Gasteiger partial charge is 0.280 e. The topological polar surface area (TPSA) is 131 Å². The van der Waals surface area contributed by atoms with Gasteiger partial charge in [-0.05, 0) is 54.6 Å². The SMILES string of the molecule is N#CC(C(=O)Nc1ccc(Cl)cc1)=c1sc(=Cc2ccc(-c3ccccc3[N+](=O)[O-])o2)c(=O)n1-c1ccccc1. The van der Waals surface area contributed by atoms with Crippen LogP contribution in [0.25, 0.3) is 28.7 Å². The lowest BCUT2D eigenvalue weighted by atomic mass is 10.1. The van der Waals surface area contributed by atoms with Crippen molar-refractivity contribution in [2.75, 3.05) is 5.32 Å². The zero-order valence-electron chi connectivity index (χ0n) is 20.4. The van der Waals surface area contributed by atoms with Gasteiger partial charge in [-0.3, -0.25) is 24.3 Å². The van der Waals surface area contributed by atoms with Crippen molar-refractivity contribution in [3.05, 3.63) is 131 Å². The van der Waals surface area contributed by atoms with E-state index in [1.54, 1.807) is 84.9 Å². The molecule has 1 amide bonds. The minimum atomic E-state index is -0.695. The summed E-state index contributed by atoms with van der Waals surface area (Å²) in [7, 11) is 0. The molecule has 0 saturated carbocycles. The molecule has 0 spiro atoms. The standard InChI is InChI=1S/C29H17ClN4O5S/c30-18-10-12-19(13-11-18)32-27(35)23(17-31)29-33(20-6-2-1-3-7-20)28(36)26(40-29)16-21-14-15-25(39-21)22-8-4-5-9-24(22)34(37)38/h1-16H,(H,32,35). The highest BCUT2D eigenvalue weighted by atomic mass is 35.5. The predicted octanol–water partition coefficient (Wildman–Crippen LogP) is 4.86. The minimum Gasteiger partial charge on any atom is -0.456 e. The van der Waals surface area contributed by atoms with Crippen LogP contribution < -0.4 is 20.1 Å². The summed E-state index contributed by atoms with van der Waals surface area (Å²) < 4.78 is 7.44. The van der Waals surface area contributed by atoms with Crippen molar-refractivity contribution in [1.29, 1.82) is 5.26 Å². The highest BCUT2D eigenvalue weighted by molar-refractivity contribution is 7.07. The van der Waals surface area contributed by atoms with Crippen LogP contribution in [0.1, 0.15) is 5.76 Å². The van der Waals surface area contributed by atoms with Gasteiger partial charge in [0.15, 0.2) is 5.57 Å². The number of benzene rings is 3. The Morgan fingerprint density at radius 2 is 1.73 bits per heavy atom. The highest BCUT2D eigenvalue weighted by Crippen LogP contribution is 2.31. The average Bonchev–Trinajstić information content (AvgIpc) is 3.55. The summed E-state index contributed by atoms with van der Waals surface area (Å²) >= 11 is 6.87. The van der Waals surface area contributed by atoms with E-state index in [1.807, 2.05) is 6.07 Å². The van der Waals surface area contributed by atoms with E-state index in [0.29, 0.717) is 22.0 Å². The number of thiazole rings is 1. The van der Waals surface area contributed by atoms with Gasteiger partial charge in [-0.15, -0.1) is 11.3 Å². The van der Waals surface area contributed by atoms with Crippen LogP contribution >= 0.6 is 22.9 Å². The molecule has 0 saturated heterocycles. The fourth-order valence-electron chi connectivity index (χ4n) is 3.93. The number of nitrogens with one attached hydrogen (secondary N) is 1. The number of rotatable bonds is 6. The lowest BCUT2D eigenvalue weighted by Crippen LogP contribution is -2.32. The van der Waals surface area contributed by atoms with E-state index in [1.165, 1.54) is 16.7 Å². The van der Waals surface area contributed by atoms with Crippen molar-refractivity contribution in [3.63, 3.8) is 0 Å². The van der Waals surface area contributed by atoms with Crippen molar-refractivity contribution in [2.45, 2.75) is 0 Å². The molecule has 0 fully saturated rings. The number of anilines is 1.